The van der Waals surface area contributed by atoms with Gasteiger partial charge in [0, 0.05) is 7.05 Å². The van der Waals surface area contributed by atoms with Crippen LogP contribution in [0.3, 0.4) is 0 Å². The SMILES string of the molecule is C=C(N)/N=C1/N=C(c2c(F)cccc2F)C=C/C1=C(/N)NC. The third-order valence-electron chi connectivity index (χ3n) is 2.90. The molecule has 0 fully saturated rings. The molecule has 0 saturated heterocycles. The van der Waals surface area contributed by atoms with E-state index in [0.717, 1.165) is 12.1 Å². The number of benzene rings is 1. The van der Waals surface area contributed by atoms with Crippen molar-refractivity contribution in [2.45, 2.75) is 0 Å². The van der Waals surface area contributed by atoms with Gasteiger partial charge in [0.2, 0.25) is 0 Å². The lowest BCUT2D eigenvalue weighted by Gasteiger charge is -2.14. The van der Waals surface area contributed by atoms with E-state index in [1.807, 2.05) is 0 Å². The molecule has 5 N–H and O–H groups in total. The molecule has 7 heteroatoms. The Morgan fingerprint density at radius 1 is 1.23 bits per heavy atom. The van der Waals surface area contributed by atoms with Crippen molar-refractivity contribution >= 4 is 11.5 Å². The first-order valence-corrected chi connectivity index (χ1v) is 6.36. The van der Waals surface area contributed by atoms with E-state index >= 15 is 0 Å². The number of halogens is 2. The molecule has 0 aliphatic carbocycles. The zero-order chi connectivity index (χ0) is 16.3. The van der Waals surface area contributed by atoms with Gasteiger partial charge < -0.3 is 16.8 Å². The van der Waals surface area contributed by atoms with E-state index in [1.54, 1.807) is 13.1 Å². The van der Waals surface area contributed by atoms with Crippen LogP contribution in [0.5, 0.6) is 0 Å². The third-order valence-corrected chi connectivity index (χ3v) is 2.90. The highest BCUT2D eigenvalue weighted by molar-refractivity contribution is 6.21. The van der Waals surface area contributed by atoms with E-state index in [1.165, 1.54) is 12.1 Å². The van der Waals surface area contributed by atoms with Gasteiger partial charge in [-0.3, -0.25) is 0 Å². The Hall–Kier alpha value is -2.96. The van der Waals surface area contributed by atoms with Crippen LogP contribution in [0, 0.1) is 11.6 Å². The number of nitrogens with one attached hydrogen (secondary N) is 1. The summed E-state index contributed by atoms with van der Waals surface area (Å²) < 4.78 is 27.7. The first kappa shape index (κ1) is 15.4. The molecule has 0 atom stereocenters. The first-order valence-electron chi connectivity index (χ1n) is 6.36. The summed E-state index contributed by atoms with van der Waals surface area (Å²) in [6.45, 7) is 3.47. The van der Waals surface area contributed by atoms with Crippen LogP contribution in [0.4, 0.5) is 8.78 Å². The van der Waals surface area contributed by atoms with Gasteiger partial charge in [-0.1, -0.05) is 12.6 Å². The molecule has 1 heterocycles. The normalized spacial score (nSPS) is 18.1. The Morgan fingerprint density at radius 3 is 2.41 bits per heavy atom. The largest absolute Gasteiger partial charge is 0.385 e. The van der Waals surface area contributed by atoms with Crippen LogP contribution >= 0.6 is 0 Å². The molecular weight excluding hydrogens is 288 g/mol. The molecule has 114 valence electrons. The highest BCUT2D eigenvalue weighted by Gasteiger charge is 2.19. The molecule has 0 saturated carbocycles. The second kappa shape index (κ2) is 6.21. The van der Waals surface area contributed by atoms with Crippen LogP contribution in [0.2, 0.25) is 0 Å². The van der Waals surface area contributed by atoms with Gasteiger partial charge in [-0.15, -0.1) is 0 Å². The van der Waals surface area contributed by atoms with Crippen molar-refractivity contribution in [3.8, 4) is 0 Å². The first-order chi connectivity index (χ1) is 10.4. The van der Waals surface area contributed by atoms with E-state index in [4.69, 9.17) is 11.5 Å². The highest BCUT2D eigenvalue weighted by atomic mass is 19.1. The lowest BCUT2D eigenvalue weighted by molar-refractivity contribution is 0.579. The standard InChI is InChI=1S/C15H15F2N5/c1-8(18)21-15-9(14(19)20-2)6-7-12(22-15)13-10(16)4-3-5-11(13)17/h3-7,20H,1,18-19H2,2H3/b14-9+,21-15+. The smallest absolute Gasteiger partial charge is 0.165 e. The molecule has 0 radical (unpaired) electrons. The van der Waals surface area contributed by atoms with Crippen LogP contribution in [-0.4, -0.2) is 18.6 Å². The molecule has 1 aliphatic rings. The topological polar surface area (TPSA) is 88.8 Å². The lowest BCUT2D eigenvalue weighted by Crippen LogP contribution is -2.23. The summed E-state index contributed by atoms with van der Waals surface area (Å²) in [5, 5.41) is 2.75. The van der Waals surface area contributed by atoms with Crippen molar-refractivity contribution in [2.24, 2.45) is 21.5 Å². The number of hydrogen-bond acceptors (Lipinski definition) is 4. The summed E-state index contributed by atoms with van der Waals surface area (Å²) in [5.41, 5.74) is 11.6. The van der Waals surface area contributed by atoms with Gasteiger partial charge in [0.1, 0.15) is 23.3 Å². The van der Waals surface area contributed by atoms with Crippen LogP contribution in [-0.2, 0) is 0 Å². The lowest BCUT2D eigenvalue weighted by atomic mass is 10.0. The van der Waals surface area contributed by atoms with Crippen LogP contribution in [0.1, 0.15) is 5.56 Å². The minimum Gasteiger partial charge on any atom is -0.385 e. The fraction of sp³-hybridized carbons (Fsp3) is 0.0667. The molecule has 0 aromatic heterocycles. The number of dihydropyridines is 1. The van der Waals surface area contributed by atoms with Crippen LogP contribution in [0.25, 0.3) is 0 Å². The molecule has 1 aliphatic heterocycles. The zero-order valence-corrected chi connectivity index (χ0v) is 11.9. The van der Waals surface area contributed by atoms with Crippen molar-refractivity contribution in [1.29, 1.82) is 0 Å². The summed E-state index contributed by atoms with van der Waals surface area (Å²) in [6.07, 6.45) is 3.02. The monoisotopic (exact) mass is 303 g/mol. The maximum absolute atomic E-state index is 13.9. The Morgan fingerprint density at radius 2 is 1.86 bits per heavy atom. The highest BCUT2D eigenvalue weighted by Crippen LogP contribution is 2.19. The van der Waals surface area contributed by atoms with Gasteiger partial charge in [-0.05, 0) is 24.3 Å². The summed E-state index contributed by atoms with van der Waals surface area (Å²) in [5.74, 6) is -1.01. The van der Waals surface area contributed by atoms with Crippen molar-refractivity contribution in [3.05, 3.63) is 71.3 Å². The molecule has 1 aromatic rings. The molecule has 22 heavy (non-hydrogen) atoms. The van der Waals surface area contributed by atoms with Gasteiger partial charge >= 0.3 is 0 Å². The maximum Gasteiger partial charge on any atom is 0.165 e. The molecule has 0 amide bonds. The van der Waals surface area contributed by atoms with Crippen molar-refractivity contribution in [2.75, 3.05) is 7.05 Å². The quantitative estimate of drug-likeness (QED) is 0.791. The number of allylic oxidation sites excluding steroid dienone is 1. The Labute approximate surface area is 126 Å². The zero-order valence-electron chi connectivity index (χ0n) is 11.9. The van der Waals surface area contributed by atoms with Gasteiger partial charge in [0.15, 0.2) is 5.84 Å². The Bertz CT molecular complexity index is 724. The fourth-order valence-electron chi connectivity index (χ4n) is 1.90. The van der Waals surface area contributed by atoms with E-state index in [-0.39, 0.29) is 22.9 Å². The van der Waals surface area contributed by atoms with Gasteiger partial charge in [-0.2, -0.15) is 0 Å². The number of amidine groups is 1. The maximum atomic E-state index is 13.9. The second-order valence-electron chi connectivity index (χ2n) is 4.43. The molecular formula is C15H15F2N5. The molecule has 5 nitrogen and oxygen atoms in total. The molecule has 1 aromatic carbocycles. The van der Waals surface area contributed by atoms with E-state index in [9.17, 15) is 8.78 Å². The third kappa shape index (κ3) is 3.03. The molecule has 2 rings (SSSR count). The number of rotatable bonds is 3. The predicted molar refractivity (Wildman–Crippen MR) is 83.1 cm³/mol. The minimum absolute atomic E-state index is 0.00353. The number of nitrogens with two attached hydrogens (primary N) is 2. The molecule has 0 unspecified atom stereocenters. The van der Waals surface area contributed by atoms with Crippen molar-refractivity contribution < 1.29 is 8.78 Å². The second-order valence-corrected chi connectivity index (χ2v) is 4.43. The fourth-order valence-corrected chi connectivity index (χ4v) is 1.90. The van der Waals surface area contributed by atoms with E-state index in [2.05, 4.69) is 21.9 Å². The average Bonchev–Trinajstić information content (AvgIpc) is 2.46. The van der Waals surface area contributed by atoms with Crippen LogP contribution in [0.15, 0.2) is 64.1 Å². The predicted octanol–water partition coefficient (Wildman–Crippen LogP) is 1.54. The Kier molecular flexibility index (Phi) is 4.36. The van der Waals surface area contributed by atoms with E-state index in [0.29, 0.717) is 11.4 Å². The Balaban J connectivity index is 2.60. The average molecular weight is 303 g/mol. The van der Waals surface area contributed by atoms with Gasteiger partial charge in [0.05, 0.1) is 16.8 Å². The summed E-state index contributed by atoms with van der Waals surface area (Å²) >= 11 is 0. The number of aliphatic imine (C=N–C) groups is 2. The molecule has 0 spiro atoms. The molecule has 0 bridgehead atoms. The summed E-state index contributed by atoms with van der Waals surface area (Å²) in [7, 11) is 1.63. The minimum atomic E-state index is -0.719. The summed E-state index contributed by atoms with van der Waals surface area (Å²) in [6, 6.07) is 3.59. The van der Waals surface area contributed by atoms with Crippen molar-refractivity contribution in [3.63, 3.8) is 0 Å². The summed E-state index contributed by atoms with van der Waals surface area (Å²) in [4.78, 5) is 8.11. The number of nitrogens with zero attached hydrogens (tertiary/aromatic N) is 2. The number of hydrogen-bond donors (Lipinski definition) is 3. The van der Waals surface area contributed by atoms with Crippen LogP contribution < -0.4 is 16.8 Å². The van der Waals surface area contributed by atoms with Gasteiger partial charge in [0.25, 0.3) is 0 Å². The van der Waals surface area contributed by atoms with E-state index < -0.39 is 11.6 Å². The van der Waals surface area contributed by atoms with Gasteiger partial charge in [-0.25, -0.2) is 18.8 Å². The van der Waals surface area contributed by atoms with Crippen molar-refractivity contribution in [1.82, 2.24) is 5.32 Å².